The van der Waals surface area contributed by atoms with E-state index in [2.05, 4.69) is 16.9 Å². The van der Waals surface area contributed by atoms with E-state index in [-0.39, 0.29) is 18.2 Å². The van der Waals surface area contributed by atoms with Gasteiger partial charge in [0.25, 0.3) is 5.91 Å². The molecule has 1 aromatic heterocycles. The van der Waals surface area contributed by atoms with Gasteiger partial charge in [-0.25, -0.2) is 4.98 Å². The zero-order valence-corrected chi connectivity index (χ0v) is 15.6. The summed E-state index contributed by atoms with van der Waals surface area (Å²) >= 11 is 1.61. The molecular weight excluding hydrogens is 346 g/mol. The van der Waals surface area contributed by atoms with Gasteiger partial charge in [0.1, 0.15) is 0 Å². The second kappa shape index (κ2) is 8.76. The number of thiazole rings is 1. The number of nitrogens with one attached hydrogen (secondary N) is 1. The first-order valence-corrected chi connectivity index (χ1v) is 9.74. The highest BCUT2D eigenvalue weighted by molar-refractivity contribution is 7.16. The molecule has 136 valence electrons. The molecule has 3 rings (SSSR count). The molecule has 0 aliphatic heterocycles. The van der Waals surface area contributed by atoms with Crippen molar-refractivity contribution in [1.82, 2.24) is 10.3 Å². The van der Waals surface area contributed by atoms with Gasteiger partial charge in [-0.2, -0.15) is 0 Å². The van der Waals surface area contributed by atoms with E-state index in [9.17, 15) is 9.59 Å². The predicted octanol–water partition coefficient (Wildman–Crippen LogP) is 3.36. The van der Waals surface area contributed by atoms with E-state index in [1.54, 1.807) is 34.4 Å². The Bertz CT molecular complexity index is 762. The van der Waals surface area contributed by atoms with Gasteiger partial charge in [0.05, 0.1) is 5.69 Å². The van der Waals surface area contributed by atoms with Crippen molar-refractivity contribution in [2.45, 2.75) is 32.1 Å². The van der Waals surface area contributed by atoms with Crippen LogP contribution in [0.1, 0.15) is 40.2 Å². The van der Waals surface area contributed by atoms with Crippen molar-refractivity contribution < 1.29 is 9.59 Å². The van der Waals surface area contributed by atoms with E-state index in [0.717, 1.165) is 30.1 Å². The number of hydrogen-bond donors (Lipinski definition) is 1. The Morgan fingerprint density at radius 3 is 2.73 bits per heavy atom. The van der Waals surface area contributed by atoms with Gasteiger partial charge in [-0.1, -0.05) is 24.3 Å². The van der Waals surface area contributed by atoms with Crippen LogP contribution in [0, 0.1) is 0 Å². The second-order valence-electron chi connectivity index (χ2n) is 6.24. The molecular formula is C20H23N3O2S. The maximum Gasteiger partial charge on any atom is 0.251 e. The average molecular weight is 369 g/mol. The first kappa shape index (κ1) is 18.3. The van der Waals surface area contributed by atoms with E-state index in [4.69, 9.17) is 0 Å². The summed E-state index contributed by atoms with van der Waals surface area (Å²) in [5.74, 6) is -0.220. The number of anilines is 1. The van der Waals surface area contributed by atoms with E-state index in [1.807, 2.05) is 18.2 Å². The van der Waals surface area contributed by atoms with Crippen LogP contribution in [0.25, 0.3) is 0 Å². The Morgan fingerprint density at radius 2 is 2.00 bits per heavy atom. The third-order valence-corrected chi connectivity index (χ3v) is 5.52. The lowest BCUT2D eigenvalue weighted by Crippen LogP contribution is -2.34. The van der Waals surface area contributed by atoms with Crippen LogP contribution in [0.5, 0.6) is 0 Å². The predicted molar refractivity (Wildman–Crippen MR) is 105 cm³/mol. The molecule has 26 heavy (non-hydrogen) atoms. The number of benzene rings is 1. The molecule has 1 aliphatic rings. The molecule has 0 fully saturated rings. The lowest BCUT2D eigenvalue weighted by Gasteiger charge is -2.18. The van der Waals surface area contributed by atoms with Gasteiger partial charge in [-0.3, -0.25) is 14.5 Å². The maximum atomic E-state index is 12.7. The van der Waals surface area contributed by atoms with Gasteiger partial charge >= 0.3 is 0 Å². The first-order valence-electron chi connectivity index (χ1n) is 8.92. The van der Waals surface area contributed by atoms with Gasteiger partial charge in [0.15, 0.2) is 5.13 Å². The molecule has 5 nitrogen and oxygen atoms in total. The third kappa shape index (κ3) is 4.38. The highest BCUT2D eigenvalue weighted by Crippen LogP contribution is 2.32. The van der Waals surface area contributed by atoms with Gasteiger partial charge in [-0.05, 0) is 37.8 Å². The largest absolute Gasteiger partial charge is 0.352 e. The Kier molecular flexibility index (Phi) is 6.17. The van der Waals surface area contributed by atoms with Crippen LogP contribution >= 0.6 is 11.3 Å². The fraction of sp³-hybridized carbons (Fsp3) is 0.350. The van der Waals surface area contributed by atoms with Crippen LogP contribution in [0.15, 0.2) is 43.0 Å². The van der Waals surface area contributed by atoms with Crippen molar-refractivity contribution in [2.75, 3.05) is 18.0 Å². The van der Waals surface area contributed by atoms with E-state index in [0.29, 0.717) is 18.7 Å². The number of carbonyl (C=O) groups is 2. The zero-order chi connectivity index (χ0) is 18.4. The van der Waals surface area contributed by atoms with E-state index in [1.165, 1.54) is 11.3 Å². The number of aryl methyl sites for hydroxylation is 2. The Morgan fingerprint density at radius 1 is 1.23 bits per heavy atom. The molecule has 1 aromatic carbocycles. The molecule has 0 saturated heterocycles. The van der Waals surface area contributed by atoms with Gasteiger partial charge in [-0.15, -0.1) is 17.9 Å². The molecule has 0 unspecified atom stereocenters. The zero-order valence-electron chi connectivity index (χ0n) is 14.7. The lowest BCUT2D eigenvalue weighted by atomic mass is 10.0. The highest BCUT2D eigenvalue weighted by atomic mass is 32.1. The Labute approximate surface area is 157 Å². The molecule has 6 heteroatoms. The number of nitrogens with zero attached hydrogens (tertiary/aromatic N) is 2. The quantitative estimate of drug-likeness (QED) is 0.761. The highest BCUT2D eigenvalue weighted by Gasteiger charge is 2.22. The lowest BCUT2D eigenvalue weighted by molar-refractivity contribution is -0.118. The number of fused-ring (bicyclic) bond motifs is 1. The smallest absolute Gasteiger partial charge is 0.251 e. The SMILES string of the molecule is C=CCN(C(=O)CCNC(=O)c1ccccc1)c1nc2c(s1)CCCC2. The van der Waals surface area contributed by atoms with Gasteiger partial charge < -0.3 is 5.32 Å². The number of hydrogen-bond acceptors (Lipinski definition) is 4. The van der Waals surface area contributed by atoms with Crippen LogP contribution in [0.4, 0.5) is 5.13 Å². The summed E-state index contributed by atoms with van der Waals surface area (Å²) in [7, 11) is 0. The number of amides is 2. The topological polar surface area (TPSA) is 62.3 Å². The fourth-order valence-electron chi connectivity index (χ4n) is 2.98. The van der Waals surface area contributed by atoms with Crippen LogP contribution < -0.4 is 10.2 Å². The summed E-state index contributed by atoms with van der Waals surface area (Å²) in [5, 5.41) is 3.54. The van der Waals surface area contributed by atoms with E-state index >= 15 is 0 Å². The summed E-state index contributed by atoms with van der Waals surface area (Å²) in [5.41, 5.74) is 1.73. The summed E-state index contributed by atoms with van der Waals surface area (Å²) in [6.07, 6.45) is 6.34. The second-order valence-corrected chi connectivity index (χ2v) is 7.30. The molecule has 1 heterocycles. The Hall–Kier alpha value is -2.47. The molecule has 2 aromatic rings. The van der Waals surface area contributed by atoms with Gasteiger partial charge in [0.2, 0.25) is 5.91 Å². The van der Waals surface area contributed by atoms with E-state index < -0.39 is 0 Å². The van der Waals surface area contributed by atoms with Crippen molar-refractivity contribution >= 4 is 28.3 Å². The Balaban J connectivity index is 1.59. The molecule has 0 saturated carbocycles. The molecule has 0 bridgehead atoms. The van der Waals surface area contributed by atoms with Crippen LogP contribution in [0.3, 0.4) is 0 Å². The minimum absolute atomic E-state index is 0.0515. The number of aromatic nitrogens is 1. The molecule has 0 spiro atoms. The molecule has 1 N–H and O–H groups in total. The minimum atomic E-state index is -0.168. The summed E-state index contributed by atoms with van der Waals surface area (Å²) in [6.45, 7) is 4.48. The summed E-state index contributed by atoms with van der Waals surface area (Å²) in [4.78, 5) is 32.4. The van der Waals surface area contributed by atoms with Crippen molar-refractivity contribution in [3.05, 3.63) is 59.1 Å². The summed E-state index contributed by atoms with van der Waals surface area (Å²) < 4.78 is 0. The number of carbonyl (C=O) groups excluding carboxylic acids is 2. The van der Waals surface area contributed by atoms with Crippen LogP contribution in [0.2, 0.25) is 0 Å². The monoisotopic (exact) mass is 369 g/mol. The average Bonchev–Trinajstić information content (AvgIpc) is 3.10. The van der Waals surface area contributed by atoms with Gasteiger partial charge in [0, 0.05) is 30.0 Å². The first-order chi connectivity index (χ1) is 12.7. The number of rotatable bonds is 7. The third-order valence-electron chi connectivity index (χ3n) is 4.34. The van der Waals surface area contributed by atoms with Crippen molar-refractivity contribution in [3.8, 4) is 0 Å². The van der Waals surface area contributed by atoms with Crippen LogP contribution in [-0.2, 0) is 17.6 Å². The minimum Gasteiger partial charge on any atom is -0.352 e. The fourth-order valence-corrected chi connectivity index (χ4v) is 4.15. The molecule has 0 atom stereocenters. The van der Waals surface area contributed by atoms with Crippen molar-refractivity contribution in [1.29, 1.82) is 0 Å². The summed E-state index contributed by atoms with van der Waals surface area (Å²) in [6, 6.07) is 9.00. The van der Waals surface area contributed by atoms with Crippen molar-refractivity contribution in [3.63, 3.8) is 0 Å². The maximum absolute atomic E-state index is 12.7. The van der Waals surface area contributed by atoms with Crippen LogP contribution in [-0.4, -0.2) is 29.9 Å². The van der Waals surface area contributed by atoms with Crippen molar-refractivity contribution in [2.24, 2.45) is 0 Å². The molecule has 0 radical (unpaired) electrons. The molecule has 2 amide bonds. The molecule has 1 aliphatic carbocycles. The normalized spacial score (nSPS) is 12.9. The standard InChI is InChI=1S/C20H23N3O2S/c1-2-14-23(20-22-16-10-6-7-11-17(16)26-20)18(24)12-13-21-19(25)15-8-4-3-5-9-15/h2-5,8-9H,1,6-7,10-14H2,(H,21,25).